The van der Waals surface area contributed by atoms with Crippen LogP contribution in [-0.2, 0) is 18.3 Å². The van der Waals surface area contributed by atoms with E-state index < -0.39 is 5.41 Å². The van der Waals surface area contributed by atoms with Crippen LogP contribution in [-0.4, -0.2) is 15.8 Å². The molecule has 0 bridgehead atoms. The van der Waals surface area contributed by atoms with Gasteiger partial charge < -0.3 is 0 Å². The number of aromatic nitrogens is 2. The van der Waals surface area contributed by atoms with Crippen molar-refractivity contribution < 1.29 is 4.79 Å². The summed E-state index contributed by atoms with van der Waals surface area (Å²) in [5.74, 6) is 0.211. The van der Waals surface area contributed by atoms with Crippen LogP contribution in [0, 0.1) is 0 Å². The van der Waals surface area contributed by atoms with Gasteiger partial charge in [-0.05, 0) is 64.6 Å². The number of carbonyl (C=O) groups excluding carboxylic acids is 1. The van der Waals surface area contributed by atoms with Gasteiger partial charge in [0, 0.05) is 30.4 Å². The van der Waals surface area contributed by atoms with E-state index in [1.54, 1.807) is 24.8 Å². The number of rotatable bonds is 4. The first-order chi connectivity index (χ1) is 13.3. The van der Waals surface area contributed by atoms with Gasteiger partial charge >= 0.3 is 0 Å². The normalized spacial score (nSPS) is 13.6. The van der Waals surface area contributed by atoms with Gasteiger partial charge in [0.2, 0.25) is 0 Å². The Morgan fingerprint density at radius 2 is 1.21 bits per heavy atom. The molecule has 1 aliphatic rings. The summed E-state index contributed by atoms with van der Waals surface area (Å²) < 4.78 is 0. The largest absolute Gasteiger partial charge is 0.293 e. The maximum absolute atomic E-state index is 13.8. The van der Waals surface area contributed by atoms with Crippen molar-refractivity contribution in [2.45, 2.75) is 18.3 Å². The summed E-state index contributed by atoms with van der Waals surface area (Å²) >= 11 is 0. The van der Waals surface area contributed by atoms with Gasteiger partial charge in [0.15, 0.2) is 5.78 Å². The lowest BCUT2D eigenvalue weighted by atomic mass is 9.71. The Hall–Kier alpha value is -2.75. The van der Waals surface area contributed by atoms with E-state index in [2.05, 4.69) is 34.2 Å². The zero-order valence-corrected chi connectivity index (χ0v) is 17.2. The molecule has 5 rings (SSSR count). The molecule has 4 aromatic rings. The predicted molar refractivity (Wildman–Crippen MR) is 120 cm³/mol. The molecule has 2 heterocycles. The second-order valence-electron chi connectivity index (χ2n) is 7.18. The second-order valence-corrected chi connectivity index (χ2v) is 7.18. The summed E-state index contributed by atoms with van der Waals surface area (Å²) in [6, 6.07) is 20.3. The number of halogens is 2. The standard InChI is InChI=1S/C24H18N2O.2ClH/c27-23-20-5-1-3-19-4-2-6-21(22(19)20)24(23,15-17-7-11-25-12-8-17)16-18-9-13-26-14-10-18;;/h1-14H,15-16H2;2*1H. The number of benzene rings is 2. The molecule has 0 saturated carbocycles. The summed E-state index contributed by atoms with van der Waals surface area (Å²) in [7, 11) is 0. The Kier molecular flexibility index (Phi) is 6.02. The van der Waals surface area contributed by atoms with E-state index in [1.165, 1.54) is 0 Å². The topological polar surface area (TPSA) is 42.9 Å². The molecule has 0 N–H and O–H groups in total. The molecule has 5 heteroatoms. The molecule has 0 unspecified atom stereocenters. The summed E-state index contributed by atoms with van der Waals surface area (Å²) in [6.45, 7) is 0. The Morgan fingerprint density at radius 3 is 1.76 bits per heavy atom. The SMILES string of the molecule is Cl.Cl.O=C1c2cccc3cccc(c23)C1(Cc1ccncc1)Cc1ccncc1. The van der Waals surface area contributed by atoms with Crippen molar-refractivity contribution >= 4 is 41.4 Å². The molecule has 0 radical (unpaired) electrons. The minimum atomic E-state index is -0.605. The quantitative estimate of drug-likeness (QED) is 0.442. The van der Waals surface area contributed by atoms with E-state index in [4.69, 9.17) is 0 Å². The van der Waals surface area contributed by atoms with Crippen LogP contribution in [0.4, 0.5) is 0 Å². The van der Waals surface area contributed by atoms with Crippen molar-refractivity contribution in [2.24, 2.45) is 0 Å². The molecular weight excluding hydrogens is 403 g/mol. The summed E-state index contributed by atoms with van der Waals surface area (Å²) in [4.78, 5) is 22.0. The summed E-state index contributed by atoms with van der Waals surface area (Å²) in [5, 5.41) is 2.23. The molecule has 2 aromatic heterocycles. The molecule has 0 saturated heterocycles. The van der Waals surface area contributed by atoms with Crippen molar-refractivity contribution in [1.82, 2.24) is 9.97 Å². The number of pyridine rings is 2. The molecule has 0 amide bonds. The van der Waals surface area contributed by atoms with Crippen molar-refractivity contribution in [2.75, 3.05) is 0 Å². The lowest BCUT2D eigenvalue weighted by Crippen LogP contribution is -2.37. The van der Waals surface area contributed by atoms with Crippen LogP contribution in [0.5, 0.6) is 0 Å². The van der Waals surface area contributed by atoms with Crippen LogP contribution >= 0.6 is 24.8 Å². The van der Waals surface area contributed by atoms with Gasteiger partial charge in [-0.1, -0.05) is 36.4 Å². The van der Waals surface area contributed by atoms with E-state index in [0.29, 0.717) is 12.8 Å². The van der Waals surface area contributed by atoms with Gasteiger partial charge in [-0.2, -0.15) is 0 Å². The maximum Gasteiger partial charge on any atom is 0.174 e. The predicted octanol–water partition coefficient (Wildman–Crippen LogP) is 5.39. The average Bonchev–Trinajstić information content (AvgIpc) is 2.95. The molecule has 1 aliphatic carbocycles. The van der Waals surface area contributed by atoms with E-state index in [9.17, 15) is 4.79 Å². The monoisotopic (exact) mass is 422 g/mol. The Morgan fingerprint density at radius 1 is 0.690 bits per heavy atom. The van der Waals surface area contributed by atoms with Gasteiger partial charge in [0.25, 0.3) is 0 Å². The molecule has 0 atom stereocenters. The van der Waals surface area contributed by atoms with Crippen molar-refractivity contribution in [3.8, 4) is 0 Å². The molecule has 0 fully saturated rings. The van der Waals surface area contributed by atoms with Gasteiger partial charge in [-0.3, -0.25) is 14.8 Å². The number of nitrogens with zero attached hydrogens (tertiary/aromatic N) is 2. The third-order valence-corrected chi connectivity index (χ3v) is 5.61. The van der Waals surface area contributed by atoms with Gasteiger partial charge in [0.05, 0.1) is 5.41 Å². The smallest absolute Gasteiger partial charge is 0.174 e. The van der Waals surface area contributed by atoms with Gasteiger partial charge in [-0.15, -0.1) is 24.8 Å². The first-order valence-corrected chi connectivity index (χ1v) is 9.13. The Bertz CT molecular complexity index is 1100. The van der Waals surface area contributed by atoms with Crippen molar-refractivity contribution in [3.63, 3.8) is 0 Å². The molecule has 3 nitrogen and oxygen atoms in total. The van der Waals surface area contributed by atoms with Crippen LogP contribution < -0.4 is 0 Å². The fourth-order valence-corrected chi connectivity index (χ4v) is 4.42. The number of hydrogen-bond donors (Lipinski definition) is 0. The molecule has 0 aliphatic heterocycles. The lowest BCUT2D eigenvalue weighted by Gasteiger charge is -2.29. The third kappa shape index (κ3) is 3.41. The Labute approximate surface area is 182 Å². The fourth-order valence-electron chi connectivity index (χ4n) is 4.42. The second kappa shape index (κ2) is 8.32. The first kappa shape index (κ1) is 21.0. The Balaban J connectivity index is 0.00000120. The summed E-state index contributed by atoms with van der Waals surface area (Å²) in [5.41, 5.74) is 3.61. The van der Waals surface area contributed by atoms with E-state index in [1.807, 2.05) is 36.4 Å². The average molecular weight is 423 g/mol. The molecule has 2 aromatic carbocycles. The molecular formula is C24H20Cl2N2O. The van der Waals surface area contributed by atoms with E-state index >= 15 is 0 Å². The zero-order chi connectivity index (χ0) is 18.3. The van der Waals surface area contributed by atoms with Crippen LogP contribution in [0.3, 0.4) is 0 Å². The molecule has 29 heavy (non-hydrogen) atoms. The maximum atomic E-state index is 13.8. The number of Topliss-reactive ketones (excluding diaryl/α,β-unsaturated/α-hetero) is 1. The lowest BCUT2D eigenvalue weighted by molar-refractivity contribution is 0.0892. The summed E-state index contributed by atoms with van der Waals surface area (Å²) in [6.07, 6.45) is 8.49. The van der Waals surface area contributed by atoms with Gasteiger partial charge in [-0.25, -0.2) is 0 Å². The highest BCUT2D eigenvalue weighted by molar-refractivity contribution is 6.20. The first-order valence-electron chi connectivity index (χ1n) is 9.13. The van der Waals surface area contributed by atoms with Crippen LogP contribution in [0.25, 0.3) is 10.8 Å². The number of carbonyl (C=O) groups is 1. The fraction of sp³-hybridized carbons (Fsp3) is 0.125. The van der Waals surface area contributed by atoms with Gasteiger partial charge in [0.1, 0.15) is 0 Å². The molecule has 0 spiro atoms. The number of hydrogen-bond acceptors (Lipinski definition) is 3. The minimum Gasteiger partial charge on any atom is -0.293 e. The third-order valence-electron chi connectivity index (χ3n) is 5.61. The highest BCUT2D eigenvalue weighted by atomic mass is 35.5. The minimum absolute atomic E-state index is 0. The van der Waals surface area contributed by atoms with Crippen LogP contribution in [0.15, 0.2) is 85.5 Å². The van der Waals surface area contributed by atoms with E-state index in [-0.39, 0.29) is 30.6 Å². The zero-order valence-electron chi connectivity index (χ0n) is 15.6. The van der Waals surface area contributed by atoms with Crippen LogP contribution in [0.1, 0.15) is 27.0 Å². The van der Waals surface area contributed by atoms with Crippen molar-refractivity contribution in [1.29, 1.82) is 0 Å². The highest BCUT2D eigenvalue weighted by Gasteiger charge is 2.47. The number of ketones is 1. The van der Waals surface area contributed by atoms with Crippen molar-refractivity contribution in [3.05, 3.63) is 108 Å². The molecule has 146 valence electrons. The highest BCUT2D eigenvalue weighted by Crippen LogP contribution is 2.46. The van der Waals surface area contributed by atoms with Crippen LogP contribution in [0.2, 0.25) is 0 Å². The van der Waals surface area contributed by atoms with E-state index in [0.717, 1.165) is 33.0 Å².